The first-order chi connectivity index (χ1) is 13.1. The topological polar surface area (TPSA) is 88.6 Å². The number of carbonyl (C=O) groups is 1. The Kier molecular flexibility index (Phi) is 7.81. The maximum atomic E-state index is 12.8. The van der Waals surface area contributed by atoms with Crippen LogP contribution in [0.3, 0.4) is 0 Å². The third kappa shape index (κ3) is 5.82. The molecule has 0 saturated carbocycles. The zero-order chi connectivity index (χ0) is 19.6. The van der Waals surface area contributed by atoms with Crippen molar-refractivity contribution in [2.45, 2.75) is 26.3 Å². The van der Waals surface area contributed by atoms with Crippen LogP contribution in [0.15, 0.2) is 36.5 Å². The number of urea groups is 1. The lowest BCUT2D eigenvalue weighted by Crippen LogP contribution is -2.37. The quantitative estimate of drug-likeness (QED) is 0.702. The number of nitrogens with one attached hydrogen (secondary N) is 2. The van der Waals surface area contributed by atoms with Gasteiger partial charge in [-0.15, -0.1) is 0 Å². The third-order valence-electron chi connectivity index (χ3n) is 3.72. The second-order valence-electron chi connectivity index (χ2n) is 6.00. The monoisotopic (exact) mass is 373 g/mol. The maximum Gasteiger partial charge on any atom is 0.327 e. The van der Waals surface area contributed by atoms with E-state index in [9.17, 15) is 4.79 Å². The Bertz CT molecular complexity index is 724. The van der Waals surface area contributed by atoms with E-state index in [1.807, 2.05) is 26.0 Å². The average Bonchev–Trinajstić information content (AvgIpc) is 2.67. The molecule has 8 nitrogen and oxygen atoms in total. The molecule has 2 N–H and O–H groups in total. The van der Waals surface area contributed by atoms with Gasteiger partial charge in [-0.1, -0.05) is 6.92 Å². The van der Waals surface area contributed by atoms with Gasteiger partial charge in [0.25, 0.3) is 0 Å². The molecule has 1 heterocycles. The normalized spacial score (nSPS) is 11.6. The molecule has 1 unspecified atom stereocenters. The SMILES string of the molecule is CCCNC(=O)N(c1ccc(OC)cc1)c1ccnc(NC(C)COC)n1. The Morgan fingerprint density at radius 2 is 1.96 bits per heavy atom. The largest absolute Gasteiger partial charge is 0.497 e. The molecule has 2 amide bonds. The van der Waals surface area contributed by atoms with Crippen molar-refractivity contribution >= 4 is 23.5 Å². The van der Waals surface area contributed by atoms with Crippen molar-refractivity contribution in [2.75, 3.05) is 37.6 Å². The van der Waals surface area contributed by atoms with E-state index in [4.69, 9.17) is 9.47 Å². The van der Waals surface area contributed by atoms with E-state index in [2.05, 4.69) is 20.6 Å². The van der Waals surface area contributed by atoms with Crippen LogP contribution in [0.25, 0.3) is 0 Å². The van der Waals surface area contributed by atoms with Gasteiger partial charge in [0.15, 0.2) is 0 Å². The number of carbonyl (C=O) groups excluding carboxylic acids is 1. The predicted octanol–water partition coefficient (Wildman–Crippen LogP) is 3.19. The second kappa shape index (κ2) is 10.3. The summed E-state index contributed by atoms with van der Waals surface area (Å²) in [5.74, 6) is 1.61. The van der Waals surface area contributed by atoms with Gasteiger partial charge >= 0.3 is 6.03 Å². The van der Waals surface area contributed by atoms with Crippen molar-refractivity contribution in [3.05, 3.63) is 36.5 Å². The number of ether oxygens (including phenoxy) is 2. The lowest BCUT2D eigenvalue weighted by Gasteiger charge is -2.23. The number of hydrogen-bond acceptors (Lipinski definition) is 6. The number of rotatable bonds is 9. The molecule has 8 heteroatoms. The first kappa shape index (κ1) is 20.4. The molecule has 2 aromatic rings. The third-order valence-corrected chi connectivity index (χ3v) is 3.72. The van der Waals surface area contributed by atoms with Gasteiger partial charge in [-0.25, -0.2) is 14.7 Å². The lowest BCUT2D eigenvalue weighted by molar-refractivity contribution is 0.190. The lowest BCUT2D eigenvalue weighted by atomic mass is 10.2. The molecule has 0 aliphatic heterocycles. The second-order valence-corrected chi connectivity index (χ2v) is 6.00. The summed E-state index contributed by atoms with van der Waals surface area (Å²) in [6.07, 6.45) is 2.46. The number of anilines is 3. The summed E-state index contributed by atoms with van der Waals surface area (Å²) in [5.41, 5.74) is 0.680. The number of methoxy groups -OCH3 is 2. The van der Waals surface area contributed by atoms with Gasteiger partial charge in [0.05, 0.1) is 19.4 Å². The fourth-order valence-electron chi connectivity index (χ4n) is 2.45. The van der Waals surface area contributed by atoms with E-state index < -0.39 is 0 Å². The smallest absolute Gasteiger partial charge is 0.327 e. The fraction of sp³-hybridized carbons (Fsp3) is 0.421. The van der Waals surface area contributed by atoms with E-state index in [1.165, 1.54) is 4.90 Å². The van der Waals surface area contributed by atoms with E-state index in [1.54, 1.807) is 38.6 Å². The first-order valence-corrected chi connectivity index (χ1v) is 8.89. The Balaban J connectivity index is 2.33. The van der Waals surface area contributed by atoms with Crippen LogP contribution in [0.4, 0.5) is 22.2 Å². The summed E-state index contributed by atoms with van der Waals surface area (Å²) in [6.45, 7) is 5.07. The van der Waals surface area contributed by atoms with Gasteiger partial charge in [0.2, 0.25) is 5.95 Å². The summed E-state index contributed by atoms with van der Waals surface area (Å²) in [7, 11) is 3.24. The van der Waals surface area contributed by atoms with Crippen molar-refractivity contribution in [1.82, 2.24) is 15.3 Å². The molecule has 1 atom stereocenters. The molecule has 1 aromatic heterocycles. The highest BCUT2D eigenvalue weighted by Crippen LogP contribution is 2.26. The summed E-state index contributed by atoms with van der Waals surface area (Å²) in [5, 5.41) is 6.06. The predicted molar refractivity (Wildman–Crippen MR) is 106 cm³/mol. The van der Waals surface area contributed by atoms with Gasteiger partial charge in [-0.2, -0.15) is 4.98 Å². The van der Waals surface area contributed by atoms with Crippen LogP contribution >= 0.6 is 0 Å². The summed E-state index contributed by atoms with van der Waals surface area (Å²) < 4.78 is 10.3. The number of hydrogen-bond donors (Lipinski definition) is 2. The van der Waals surface area contributed by atoms with Crippen LogP contribution in [0.1, 0.15) is 20.3 Å². The van der Waals surface area contributed by atoms with Crippen LogP contribution in [0.2, 0.25) is 0 Å². The van der Waals surface area contributed by atoms with Gasteiger partial charge in [-0.3, -0.25) is 0 Å². The molecule has 146 valence electrons. The van der Waals surface area contributed by atoms with Gasteiger partial charge in [-0.05, 0) is 37.6 Å². The summed E-state index contributed by atoms with van der Waals surface area (Å²) >= 11 is 0. The van der Waals surface area contributed by atoms with Crippen molar-refractivity contribution in [1.29, 1.82) is 0 Å². The standard InChI is InChI=1S/C19H27N5O3/c1-5-11-21-19(25)24(15-6-8-16(27-4)9-7-15)17-10-12-20-18(23-17)22-14(2)13-26-3/h6-10,12,14H,5,11,13H2,1-4H3,(H,21,25)(H,20,22,23). The Morgan fingerprint density at radius 3 is 2.59 bits per heavy atom. The first-order valence-electron chi connectivity index (χ1n) is 8.89. The van der Waals surface area contributed by atoms with Gasteiger partial charge in [0.1, 0.15) is 11.6 Å². The van der Waals surface area contributed by atoms with Crippen LogP contribution in [0, 0.1) is 0 Å². The van der Waals surface area contributed by atoms with Crippen molar-refractivity contribution < 1.29 is 14.3 Å². The Hall–Kier alpha value is -2.87. The van der Waals surface area contributed by atoms with Crippen LogP contribution in [-0.2, 0) is 4.74 Å². The number of aromatic nitrogens is 2. The molecule has 0 radical (unpaired) electrons. The Labute approximate surface area is 159 Å². The molecule has 0 saturated heterocycles. The molecule has 0 fully saturated rings. The van der Waals surface area contributed by atoms with Crippen molar-refractivity contribution in [3.63, 3.8) is 0 Å². The molecule has 1 aromatic carbocycles. The highest BCUT2D eigenvalue weighted by atomic mass is 16.5. The minimum absolute atomic E-state index is 0.0357. The molecule has 2 rings (SSSR count). The van der Waals surface area contributed by atoms with Crippen LogP contribution < -0.4 is 20.3 Å². The van der Waals surface area contributed by atoms with Crippen molar-refractivity contribution in [2.24, 2.45) is 0 Å². The minimum Gasteiger partial charge on any atom is -0.497 e. The van der Waals surface area contributed by atoms with Crippen LogP contribution in [0.5, 0.6) is 5.75 Å². The zero-order valence-electron chi connectivity index (χ0n) is 16.2. The van der Waals surface area contributed by atoms with E-state index in [-0.39, 0.29) is 12.1 Å². The van der Waals surface area contributed by atoms with E-state index in [0.29, 0.717) is 36.4 Å². The van der Waals surface area contributed by atoms with Crippen LogP contribution in [-0.4, -0.2) is 49.4 Å². The molecule has 0 aliphatic rings. The molecular formula is C19H27N5O3. The minimum atomic E-state index is -0.253. The zero-order valence-corrected chi connectivity index (χ0v) is 16.2. The highest BCUT2D eigenvalue weighted by molar-refractivity contribution is 5.98. The van der Waals surface area contributed by atoms with Gasteiger partial charge < -0.3 is 20.1 Å². The number of nitrogens with zero attached hydrogens (tertiary/aromatic N) is 3. The van der Waals surface area contributed by atoms with Crippen molar-refractivity contribution in [3.8, 4) is 5.75 Å². The molecule has 0 aliphatic carbocycles. The van der Waals surface area contributed by atoms with E-state index >= 15 is 0 Å². The average molecular weight is 373 g/mol. The highest BCUT2D eigenvalue weighted by Gasteiger charge is 2.20. The molecule has 27 heavy (non-hydrogen) atoms. The molecule has 0 spiro atoms. The summed E-state index contributed by atoms with van der Waals surface area (Å²) in [6, 6.07) is 8.71. The fourth-order valence-corrected chi connectivity index (χ4v) is 2.45. The maximum absolute atomic E-state index is 12.8. The van der Waals surface area contributed by atoms with E-state index in [0.717, 1.165) is 6.42 Å². The summed E-state index contributed by atoms with van der Waals surface area (Å²) in [4.78, 5) is 23.0. The molecular weight excluding hydrogens is 346 g/mol. The number of amides is 2. The molecule has 0 bridgehead atoms. The Morgan fingerprint density at radius 1 is 1.22 bits per heavy atom. The number of benzene rings is 1. The van der Waals surface area contributed by atoms with Gasteiger partial charge in [0, 0.05) is 32.0 Å².